The SMILES string of the molecule is O=C(O)N1CCN(C(CC2(O)CCCCC2)c2ccc(OCc3ccccc3)cc2)CC1. The molecule has 0 radical (unpaired) electrons. The van der Waals surface area contributed by atoms with Crippen LogP contribution in [0.1, 0.15) is 55.7 Å². The van der Waals surface area contributed by atoms with Gasteiger partial charge < -0.3 is 19.8 Å². The molecular formula is C26H34N2O4. The summed E-state index contributed by atoms with van der Waals surface area (Å²) in [6, 6.07) is 18.4. The lowest BCUT2D eigenvalue weighted by atomic mass is 9.79. The fourth-order valence-corrected chi connectivity index (χ4v) is 4.98. The number of hydrogen-bond donors (Lipinski definition) is 2. The molecule has 1 unspecified atom stereocenters. The minimum absolute atomic E-state index is 0.0669. The van der Waals surface area contributed by atoms with Crippen LogP contribution < -0.4 is 4.74 Å². The molecule has 2 aliphatic rings. The van der Waals surface area contributed by atoms with Crippen LogP contribution in [0.4, 0.5) is 4.79 Å². The van der Waals surface area contributed by atoms with Crippen molar-refractivity contribution in [3.8, 4) is 5.75 Å². The van der Waals surface area contributed by atoms with Crippen LogP contribution in [0, 0.1) is 0 Å². The topological polar surface area (TPSA) is 73.2 Å². The Morgan fingerprint density at radius 1 is 0.938 bits per heavy atom. The molecule has 6 nitrogen and oxygen atoms in total. The van der Waals surface area contributed by atoms with E-state index in [4.69, 9.17) is 4.74 Å². The van der Waals surface area contributed by atoms with E-state index in [0.717, 1.165) is 42.6 Å². The van der Waals surface area contributed by atoms with Crippen molar-refractivity contribution >= 4 is 6.09 Å². The van der Waals surface area contributed by atoms with Gasteiger partial charge in [-0.2, -0.15) is 0 Å². The standard InChI is InChI=1S/C26H34N2O4/c29-25(30)28-17-15-27(16-18-28)24(19-26(31)13-5-2-6-14-26)22-9-11-23(12-10-22)32-20-21-7-3-1-4-8-21/h1,3-4,7-12,24,31H,2,5-6,13-20H2,(H,29,30). The summed E-state index contributed by atoms with van der Waals surface area (Å²) < 4.78 is 5.95. The Morgan fingerprint density at radius 3 is 2.22 bits per heavy atom. The molecule has 6 heteroatoms. The Morgan fingerprint density at radius 2 is 1.59 bits per heavy atom. The molecule has 1 amide bonds. The van der Waals surface area contributed by atoms with Gasteiger partial charge in [-0.1, -0.05) is 61.7 Å². The Bertz CT molecular complexity index is 857. The summed E-state index contributed by atoms with van der Waals surface area (Å²) in [7, 11) is 0. The molecule has 2 aromatic carbocycles. The number of benzene rings is 2. The van der Waals surface area contributed by atoms with Crippen LogP contribution >= 0.6 is 0 Å². The quantitative estimate of drug-likeness (QED) is 0.656. The zero-order valence-corrected chi connectivity index (χ0v) is 18.7. The Hall–Kier alpha value is -2.57. The summed E-state index contributed by atoms with van der Waals surface area (Å²) in [6.07, 6.45) is 4.85. The Kier molecular flexibility index (Phi) is 7.33. The highest BCUT2D eigenvalue weighted by Gasteiger charge is 2.36. The maximum atomic E-state index is 11.3. The van der Waals surface area contributed by atoms with Crippen molar-refractivity contribution in [2.45, 2.75) is 56.8 Å². The van der Waals surface area contributed by atoms with E-state index in [1.54, 1.807) is 0 Å². The number of carbonyl (C=O) groups is 1. The molecule has 1 saturated carbocycles. The van der Waals surface area contributed by atoms with Gasteiger partial charge in [-0.05, 0) is 42.5 Å². The highest BCUT2D eigenvalue weighted by atomic mass is 16.5. The van der Waals surface area contributed by atoms with Gasteiger partial charge in [0.25, 0.3) is 0 Å². The Labute approximate surface area is 190 Å². The molecule has 4 rings (SSSR count). The largest absolute Gasteiger partial charge is 0.489 e. The van der Waals surface area contributed by atoms with E-state index >= 15 is 0 Å². The number of nitrogens with zero attached hydrogens (tertiary/aromatic N) is 2. The van der Waals surface area contributed by atoms with Gasteiger partial charge in [0, 0.05) is 32.2 Å². The van der Waals surface area contributed by atoms with Crippen LogP contribution in [-0.4, -0.2) is 57.9 Å². The number of piperazine rings is 1. The molecule has 0 bridgehead atoms. The van der Waals surface area contributed by atoms with Crippen molar-refractivity contribution < 1.29 is 19.7 Å². The summed E-state index contributed by atoms with van der Waals surface area (Å²) in [5, 5.41) is 20.6. The second-order valence-electron chi connectivity index (χ2n) is 9.15. The molecular weight excluding hydrogens is 404 g/mol. The predicted octanol–water partition coefficient (Wildman–Crippen LogP) is 4.69. The molecule has 0 spiro atoms. The van der Waals surface area contributed by atoms with Crippen LogP contribution in [0.5, 0.6) is 5.75 Å². The first kappa shape index (κ1) is 22.6. The van der Waals surface area contributed by atoms with Crippen molar-refractivity contribution in [3.63, 3.8) is 0 Å². The van der Waals surface area contributed by atoms with Gasteiger partial charge in [0.15, 0.2) is 0 Å². The van der Waals surface area contributed by atoms with Crippen molar-refractivity contribution in [2.24, 2.45) is 0 Å². The van der Waals surface area contributed by atoms with E-state index in [9.17, 15) is 15.0 Å². The molecule has 1 aliphatic carbocycles. The van der Waals surface area contributed by atoms with Crippen molar-refractivity contribution in [1.82, 2.24) is 9.80 Å². The normalized spacial score (nSPS) is 20.0. The number of rotatable bonds is 7. The van der Waals surface area contributed by atoms with Crippen molar-refractivity contribution in [3.05, 3.63) is 65.7 Å². The van der Waals surface area contributed by atoms with Crippen molar-refractivity contribution in [1.29, 1.82) is 0 Å². The summed E-state index contributed by atoms with van der Waals surface area (Å²) in [6.45, 7) is 2.89. The summed E-state index contributed by atoms with van der Waals surface area (Å²) in [4.78, 5) is 15.1. The summed E-state index contributed by atoms with van der Waals surface area (Å²) in [5.41, 5.74) is 1.64. The second kappa shape index (κ2) is 10.4. The van der Waals surface area contributed by atoms with Crippen LogP contribution in [-0.2, 0) is 6.61 Å². The van der Waals surface area contributed by atoms with Crippen LogP contribution in [0.2, 0.25) is 0 Å². The van der Waals surface area contributed by atoms with Gasteiger partial charge in [-0.15, -0.1) is 0 Å². The van der Waals surface area contributed by atoms with E-state index in [0.29, 0.717) is 39.2 Å². The van der Waals surface area contributed by atoms with Gasteiger partial charge in [-0.3, -0.25) is 4.90 Å². The average molecular weight is 439 g/mol. The van der Waals surface area contributed by atoms with E-state index in [1.807, 2.05) is 42.5 Å². The second-order valence-corrected chi connectivity index (χ2v) is 9.15. The van der Waals surface area contributed by atoms with Gasteiger partial charge in [0.05, 0.1) is 5.60 Å². The fraction of sp³-hybridized carbons (Fsp3) is 0.500. The highest BCUT2D eigenvalue weighted by Crippen LogP contribution is 2.39. The van der Waals surface area contributed by atoms with E-state index < -0.39 is 11.7 Å². The number of amides is 1. The van der Waals surface area contributed by atoms with Crippen LogP contribution in [0.3, 0.4) is 0 Å². The predicted molar refractivity (Wildman–Crippen MR) is 124 cm³/mol. The number of aliphatic hydroxyl groups is 1. The molecule has 32 heavy (non-hydrogen) atoms. The van der Waals surface area contributed by atoms with Crippen molar-refractivity contribution in [2.75, 3.05) is 26.2 Å². The van der Waals surface area contributed by atoms with Gasteiger partial charge in [0.1, 0.15) is 12.4 Å². The highest BCUT2D eigenvalue weighted by molar-refractivity contribution is 5.65. The zero-order chi connectivity index (χ0) is 22.4. The molecule has 0 aromatic heterocycles. The minimum Gasteiger partial charge on any atom is -0.489 e. The fourth-order valence-electron chi connectivity index (χ4n) is 4.98. The molecule has 1 aliphatic heterocycles. The van der Waals surface area contributed by atoms with E-state index in [-0.39, 0.29) is 6.04 Å². The molecule has 1 heterocycles. The van der Waals surface area contributed by atoms with E-state index in [2.05, 4.69) is 17.0 Å². The molecule has 172 valence electrons. The van der Waals surface area contributed by atoms with Gasteiger partial charge in [-0.25, -0.2) is 4.79 Å². The lowest BCUT2D eigenvalue weighted by molar-refractivity contribution is -0.0335. The average Bonchev–Trinajstić information content (AvgIpc) is 2.83. The minimum atomic E-state index is -0.855. The molecule has 1 saturated heterocycles. The zero-order valence-electron chi connectivity index (χ0n) is 18.7. The number of ether oxygens (including phenoxy) is 1. The van der Waals surface area contributed by atoms with E-state index in [1.165, 1.54) is 11.3 Å². The maximum absolute atomic E-state index is 11.3. The monoisotopic (exact) mass is 438 g/mol. The first-order chi connectivity index (χ1) is 15.5. The third kappa shape index (κ3) is 5.81. The maximum Gasteiger partial charge on any atom is 0.407 e. The molecule has 1 atom stereocenters. The van der Waals surface area contributed by atoms with Gasteiger partial charge in [0.2, 0.25) is 0 Å². The Balaban J connectivity index is 1.46. The lowest BCUT2D eigenvalue weighted by Crippen LogP contribution is -2.50. The third-order valence-corrected chi connectivity index (χ3v) is 6.90. The van der Waals surface area contributed by atoms with Gasteiger partial charge >= 0.3 is 6.09 Å². The molecule has 2 N–H and O–H groups in total. The first-order valence-electron chi connectivity index (χ1n) is 11.7. The summed E-state index contributed by atoms with van der Waals surface area (Å²) >= 11 is 0. The third-order valence-electron chi connectivity index (χ3n) is 6.90. The van der Waals surface area contributed by atoms with Crippen LogP contribution in [0.15, 0.2) is 54.6 Å². The van der Waals surface area contributed by atoms with Crippen LogP contribution in [0.25, 0.3) is 0 Å². The number of hydrogen-bond acceptors (Lipinski definition) is 4. The summed E-state index contributed by atoms with van der Waals surface area (Å²) in [5.74, 6) is 0.823. The first-order valence-corrected chi connectivity index (χ1v) is 11.7. The molecule has 2 fully saturated rings. The smallest absolute Gasteiger partial charge is 0.407 e. The molecule has 2 aromatic rings. The number of carboxylic acid groups (broad SMARTS) is 1. The lowest BCUT2D eigenvalue weighted by Gasteiger charge is -2.43.